The molecule has 0 aliphatic carbocycles. The van der Waals surface area contributed by atoms with Crippen LogP contribution in [-0.4, -0.2) is 43.1 Å². The third kappa shape index (κ3) is 4.75. The van der Waals surface area contributed by atoms with Crippen LogP contribution in [0.25, 0.3) is 0 Å². The fourth-order valence-electron chi connectivity index (χ4n) is 2.97. The van der Waals surface area contributed by atoms with Crippen LogP contribution < -0.4 is 10.2 Å². The summed E-state index contributed by atoms with van der Waals surface area (Å²) in [5.41, 5.74) is 1.51. The van der Waals surface area contributed by atoms with Crippen LogP contribution in [0.5, 0.6) is 0 Å². The number of piperazine rings is 1. The van der Waals surface area contributed by atoms with E-state index in [-0.39, 0.29) is 19.1 Å². The standard InChI is InChI=1S/C20H22FN3O3/c1-2-23-10-11-24(13-19(23)25)18-9-8-16(12-17(18)21)22-20(26)27-14-15-6-4-3-5-7-15/h3-9,12H,2,10-11,13-14H2,1H3,(H,22,26). The largest absolute Gasteiger partial charge is 0.444 e. The molecule has 7 heteroatoms. The molecule has 0 spiro atoms. The molecule has 0 atom stereocenters. The number of halogens is 1. The van der Waals surface area contributed by atoms with Crippen molar-refractivity contribution in [3.05, 3.63) is 59.9 Å². The highest BCUT2D eigenvalue weighted by atomic mass is 19.1. The monoisotopic (exact) mass is 371 g/mol. The number of anilines is 2. The van der Waals surface area contributed by atoms with Crippen molar-refractivity contribution in [1.29, 1.82) is 0 Å². The van der Waals surface area contributed by atoms with E-state index in [1.54, 1.807) is 21.9 Å². The maximum Gasteiger partial charge on any atom is 0.411 e. The van der Waals surface area contributed by atoms with E-state index in [0.717, 1.165) is 5.56 Å². The van der Waals surface area contributed by atoms with Crippen LogP contribution in [0, 0.1) is 5.82 Å². The molecule has 0 saturated carbocycles. The van der Waals surface area contributed by atoms with Crippen LogP contribution in [0.4, 0.5) is 20.6 Å². The van der Waals surface area contributed by atoms with Crippen LogP contribution in [0.3, 0.4) is 0 Å². The average Bonchev–Trinajstić information content (AvgIpc) is 2.67. The fraction of sp³-hybridized carbons (Fsp3) is 0.300. The molecule has 2 aromatic rings. The SMILES string of the molecule is CCN1CCN(c2ccc(NC(=O)OCc3ccccc3)cc2F)CC1=O. The molecule has 2 amide bonds. The van der Waals surface area contributed by atoms with Crippen LogP contribution in [0.2, 0.25) is 0 Å². The van der Waals surface area contributed by atoms with Gasteiger partial charge < -0.3 is 14.5 Å². The van der Waals surface area contributed by atoms with Gasteiger partial charge in [0.15, 0.2) is 0 Å². The average molecular weight is 371 g/mol. The van der Waals surface area contributed by atoms with E-state index in [4.69, 9.17) is 4.74 Å². The van der Waals surface area contributed by atoms with Crippen LogP contribution in [-0.2, 0) is 16.1 Å². The van der Waals surface area contributed by atoms with Crippen molar-refractivity contribution in [3.8, 4) is 0 Å². The molecule has 1 aliphatic rings. The summed E-state index contributed by atoms with van der Waals surface area (Å²) in [5, 5.41) is 2.51. The third-order valence-corrected chi connectivity index (χ3v) is 4.45. The van der Waals surface area contributed by atoms with E-state index in [1.807, 2.05) is 37.3 Å². The summed E-state index contributed by atoms with van der Waals surface area (Å²) in [6, 6.07) is 13.7. The lowest BCUT2D eigenvalue weighted by Crippen LogP contribution is -2.50. The van der Waals surface area contributed by atoms with Gasteiger partial charge in [-0.2, -0.15) is 0 Å². The molecule has 1 saturated heterocycles. The van der Waals surface area contributed by atoms with Crippen molar-refractivity contribution in [2.24, 2.45) is 0 Å². The molecule has 6 nitrogen and oxygen atoms in total. The smallest absolute Gasteiger partial charge is 0.411 e. The van der Waals surface area contributed by atoms with E-state index >= 15 is 0 Å². The Morgan fingerprint density at radius 1 is 1.19 bits per heavy atom. The molecular formula is C20H22FN3O3. The highest BCUT2D eigenvalue weighted by Crippen LogP contribution is 2.24. The quantitative estimate of drug-likeness (QED) is 0.877. The summed E-state index contributed by atoms with van der Waals surface area (Å²) >= 11 is 0. The Morgan fingerprint density at radius 2 is 1.96 bits per heavy atom. The van der Waals surface area contributed by atoms with E-state index in [2.05, 4.69) is 5.32 Å². The summed E-state index contributed by atoms with van der Waals surface area (Å²) in [5.74, 6) is -0.511. The second-order valence-corrected chi connectivity index (χ2v) is 6.25. The van der Waals surface area contributed by atoms with Gasteiger partial charge in [-0.1, -0.05) is 30.3 Å². The molecule has 0 unspecified atom stereocenters. The Bertz CT molecular complexity index is 813. The summed E-state index contributed by atoms with van der Waals surface area (Å²) in [4.78, 5) is 27.3. The van der Waals surface area contributed by atoms with E-state index in [9.17, 15) is 14.0 Å². The molecular weight excluding hydrogens is 349 g/mol. The molecule has 1 aliphatic heterocycles. The molecule has 1 heterocycles. The first-order valence-corrected chi connectivity index (χ1v) is 8.87. The Labute approximate surface area is 157 Å². The molecule has 3 rings (SSSR count). The van der Waals surface area contributed by atoms with Crippen LogP contribution in [0.15, 0.2) is 48.5 Å². The summed E-state index contributed by atoms with van der Waals surface area (Å²) < 4.78 is 19.6. The van der Waals surface area contributed by atoms with Crippen molar-refractivity contribution in [2.75, 3.05) is 36.4 Å². The summed E-state index contributed by atoms with van der Waals surface area (Å²) in [7, 11) is 0. The number of carbonyl (C=O) groups excluding carboxylic acids is 2. The molecule has 142 valence electrons. The number of nitrogens with one attached hydrogen (secondary N) is 1. The second kappa shape index (κ2) is 8.53. The van der Waals surface area contributed by atoms with E-state index in [1.165, 1.54) is 6.07 Å². The number of ether oxygens (including phenoxy) is 1. The zero-order valence-corrected chi connectivity index (χ0v) is 15.2. The minimum absolute atomic E-state index is 0.0187. The van der Waals surface area contributed by atoms with Crippen molar-refractivity contribution in [2.45, 2.75) is 13.5 Å². The van der Waals surface area contributed by atoms with Crippen molar-refractivity contribution < 1.29 is 18.7 Å². The van der Waals surface area contributed by atoms with Gasteiger partial charge in [-0.05, 0) is 30.7 Å². The lowest BCUT2D eigenvalue weighted by Gasteiger charge is -2.35. The predicted molar refractivity (Wildman–Crippen MR) is 101 cm³/mol. The van der Waals surface area contributed by atoms with Gasteiger partial charge in [0.25, 0.3) is 0 Å². The zero-order valence-electron chi connectivity index (χ0n) is 15.2. The number of carbonyl (C=O) groups is 2. The Morgan fingerprint density at radius 3 is 2.63 bits per heavy atom. The Kier molecular flexibility index (Phi) is 5.90. The first kappa shape index (κ1) is 18.7. The number of nitrogens with zero attached hydrogens (tertiary/aromatic N) is 2. The minimum atomic E-state index is -0.655. The molecule has 0 bridgehead atoms. The van der Waals surface area contributed by atoms with Gasteiger partial charge in [0.1, 0.15) is 12.4 Å². The lowest BCUT2D eigenvalue weighted by molar-refractivity contribution is -0.130. The topological polar surface area (TPSA) is 61.9 Å². The second-order valence-electron chi connectivity index (χ2n) is 6.25. The van der Waals surface area contributed by atoms with Crippen LogP contribution >= 0.6 is 0 Å². The van der Waals surface area contributed by atoms with Gasteiger partial charge in [0, 0.05) is 25.3 Å². The van der Waals surface area contributed by atoms with Crippen molar-refractivity contribution in [1.82, 2.24) is 4.90 Å². The normalized spacial score (nSPS) is 14.2. The Balaban J connectivity index is 1.58. The highest BCUT2D eigenvalue weighted by Gasteiger charge is 2.24. The molecule has 1 N–H and O–H groups in total. The van der Waals surface area contributed by atoms with Crippen LogP contribution in [0.1, 0.15) is 12.5 Å². The number of benzene rings is 2. The van der Waals surface area contributed by atoms with Gasteiger partial charge in [-0.25, -0.2) is 9.18 Å². The number of hydrogen-bond acceptors (Lipinski definition) is 4. The lowest BCUT2D eigenvalue weighted by atomic mass is 10.2. The van der Waals surface area contributed by atoms with Gasteiger partial charge in [0.05, 0.1) is 12.2 Å². The third-order valence-electron chi connectivity index (χ3n) is 4.45. The van der Waals surface area contributed by atoms with E-state index < -0.39 is 11.9 Å². The molecule has 27 heavy (non-hydrogen) atoms. The highest BCUT2D eigenvalue weighted by molar-refractivity contribution is 5.86. The molecule has 0 radical (unpaired) electrons. The zero-order chi connectivity index (χ0) is 19.2. The number of rotatable bonds is 5. The fourth-order valence-corrected chi connectivity index (χ4v) is 2.97. The van der Waals surface area contributed by atoms with Gasteiger partial charge >= 0.3 is 6.09 Å². The first-order valence-electron chi connectivity index (χ1n) is 8.87. The van der Waals surface area contributed by atoms with Gasteiger partial charge in [0.2, 0.25) is 5.91 Å². The molecule has 1 fully saturated rings. The number of amides is 2. The maximum absolute atomic E-state index is 14.5. The van der Waals surface area contributed by atoms with Crippen molar-refractivity contribution in [3.63, 3.8) is 0 Å². The van der Waals surface area contributed by atoms with Gasteiger partial charge in [-0.3, -0.25) is 10.1 Å². The Hall–Kier alpha value is -3.09. The number of likely N-dealkylation sites (N-methyl/N-ethyl adjacent to an activating group) is 1. The minimum Gasteiger partial charge on any atom is -0.444 e. The predicted octanol–water partition coefficient (Wildman–Crippen LogP) is 3.24. The summed E-state index contributed by atoms with van der Waals surface area (Å²) in [6.07, 6.45) is -0.655. The molecule has 2 aromatic carbocycles. The van der Waals surface area contributed by atoms with Gasteiger partial charge in [-0.15, -0.1) is 0 Å². The molecule has 0 aromatic heterocycles. The number of hydrogen-bond donors (Lipinski definition) is 1. The maximum atomic E-state index is 14.5. The first-order chi connectivity index (χ1) is 13.1. The van der Waals surface area contributed by atoms with E-state index in [0.29, 0.717) is 31.0 Å². The summed E-state index contributed by atoms with van der Waals surface area (Å²) in [6.45, 7) is 4.01. The van der Waals surface area contributed by atoms with Crippen molar-refractivity contribution >= 4 is 23.4 Å².